The maximum Gasteiger partial charge on any atom is 0.307 e. The molecular formula is C26H25N5O4S. The van der Waals surface area contributed by atoms with Gasteiger partial charge in [0.05, 0.1) is 30.0 Å². The molecule has 0 saturated heterocycles. The molecule has 0 saturated carbocycles. The number of imidazole rings is 1. The highest BCUT2D eigenvalue weighted by molar-refractivity contribution is 7.85. The topological polar surface area (TPSA) is 123 Å². The Balaban J connectivity index is 0.000000236. The van der Waals surface area contributed by atoms with Gasteiger partial charge >= 0.3 is 5.82 Å². The smallest absolute Gasteiger partial charge is 0.307 e. The molecule has 0 radical (unpaired) electrons. The molecule has 0 amide bonds. The van der Waals surface area contributed by atoms with Gasteiger partial charge in [-0.25, -0.2) is 8.42 Å². The first-order valence-electron chi connectivity index (χ1n) is 11.0. The van der Waals surface area contributed by atoms with E-state index in [-0.39, 0.29) is 5.56 Å². The summed E-state index contributed by atoms with van der Waals surface area (Å²) < 4.78 is 35.6. The molecule has 10 heteroatoms. The number of rotatable bonds is 7. The van der Waals surface area contributed by atoms with Gasteiger partial charge in [0.15, 0.2) is 12.4 Å². The molecule has 0 aliphatic carbocycles. The Morgan fingerprint density at radius 2 is 1.47 bits per heavy atom. The third-order valence-corrected chi connectivity index (χ3v) is 5.75. The fraction of sp³-hybridized carbons (Fsp3) is 0.0769. The van der Waals surface area contributed by atoms with Crippen molar-refractivity contribution < 1.29 is 22.9 Å². The van der Waals surface area contributed by atoms with E-state index in [9.17, 15) is 13.0 Å². The first-order valence-corrected chi connectivity index (χ1v) is 12.4. The molecule has 0 unspecified atom stereocenters. The van der Waals surface area contributed by atoms with Crippen molar-refractivity contribution in [1.29, 1.82) is 0 Å². The Kier molecular flexibility index (Phi) is 9.38. The number of aromatic nitrogens is 2. The zero-order valence-electron chi connectivity index (χ0n) is 19.5. The van der Waals surface area contributed by atoms with Gasteiger partial charge in [-0.15, -0.1) is 9.35 Å². The van der Waals surface area contributed by atoms with Gasteiger partial charge in [0.1, 0.15) is 10.1 Å². The number of nitrogens with zero attached hydrogens (tertiary/aromatic N) is 5. The van der Waals surface area contributed by atoms with Crippen molar-refractivity contribution in [3.8, 4) is 0 Å². The lowest BCUT2D eigenvalue weighted by atomic mass is 10.2. The van der Waals surface area contributed by atoms with Crippen LogP contribution in [-0.4, -0.2) is 41.5 Å². The molecule has 0 fully saturated rings. The highest BCUT2D eigenvalue weighted by atomic mass is 32.2. The molecule has 9 nitrogen and oxygen atoms in total. The van der Waals surface area contributed by atoms with E-state index >= 15 is 0 Å². The van der Waals surface area contributed by atoms with Gasteiger partial charge in [-0.1, -0.05) is 101 Å². The van der Waals surface area contributed by atoms with Crippen molar-refractivity contribution in [3.63, 3.8) is 0 Å². The number of benzene rings is 3. The van der Waals surface area contributed by atoms with Gasteiger partial charge in [0.2, 0.25) is 0 Å². The van der Waals surface area contributed by atoms with E-state index in [4.69, 9.17) is 5.21 Å². The summed E-state index contributed by atoms with van der Waals surface area (Å²) in [6.45, 7) is 2.10. The predicted molar refractivity (Wildman–Crippen MR) is 137 cm³/mol. The normalized spacial score (nSPS) is 11.7. The summed E-state index contributed by atoms with van der Waals surface area (Å²) in [6.07, 6.45) is 9.27. The van der Waals surface area contributed by atoms with Crippen LogP contribution in [0.5, 0.6) is 0 Å². The van der Waals surface area contributed by atoms with E-state index in [2.05, 4.69) is 22.3 Å². The maximum atomic E-state index is 10.6. The van der Waals surface area contributed by atoms with E-state index < -0.39 is 15.0 Å². The fourth-order valence-corrected chi connectivity index (χ4v) is 3.81. The van der Waals surface area contributed by atoms with E-state index in [1.165, 1.54) is 18.2 Å². The van der Waals surface area contributed by atoms with Crippen molar-refractivity contribution >= 4 is 28.8 Å². The van der Waals surface area contributed by atoms with Crippen LogP contribution in [0.3, 0.4) is 0 Å². The van der Waals surface area contributed by atoms with Gasteiger partial charge in [0, 0.05) is 5.56 Å². The first kappa shape index (κ1) is 26.2. The van der Waals surface area contributed by atoms with Crippen molar-refractivity contribution in [1.82, 2.24) is 4.68 Å². The summed E-state index contributed by atoms with van der Waals surface area (Å²) in [6, 6.07) is 25.6. The molecule has 1 heterocycles. The minimum atomic E-state index is -4.51. The lowest BCUT2D eigenvalue weighted by molar-refractivity contribution is -0.685. The third kappa shape index (κ3) is 7.55. The first-order chi connectivity index (χ1) is 17.4. The van der Waals surface area contributed by atoms with Gasteiger partial charge in [-0.3, -0.25) is 0 Å². The molecule has 0 atom stereocenters. The summed E-state index contributed by atoms with van der Waals surface area (Å²) in [5, 5.41) is 19.9. The van der Waals surface area contributed by atoms with E-state index in [0.717, 1.165) is 35.7 Å². The SMILES string of the molecule is CCc1n(N=Cc2ccccc2)cc[n+]1N=Cc1ccccc1.O=S(=O)([O-])c1ccccc1C=NO. The Labute approximate surface area is 209 Å². The zero-order valence-corrected chi connectivity index (χ0v) is 20.3. The summed E-state index contributed by atoms with van der Waals surface area (Å²) >= 11 is 0. The highest BCUT2D eigenvalue weighted by Gasteiger charge is 2.14. The van der Waals surface area contributed by atoms with Gasteiger partial charge in [0.25, 0.3) is 0 Å². The molecule has 0 spiro atoms. The van der Waals surface area contributed by atoms with Gasteiger partial charge in [-0.05, 0) is 17.2 Å². The Morgan fingerprint density at radius 3 is 2.06 bits per heavy atom. The van der Waals surface area contributed by atoms with E-state index in [1.54, 1.807) is 0 Å². The van der Waals surface area contributed by atoms with Gasteiger partial charge in [-0.2, -0.15) is 0 Å². The molecular weight excluding hydrogens is 478 g/mol. The lowest BCUT2D eigenvalue weighted by Gasteiger charge is -2.08. The minimum Gasteiger partial charge on any atom is -0.744 e. The Bertz CT molecular complexity index is 1380. The Hall–Kier alpha value is -4.41. The molecule has 3 aromatic carbocycles. The van der Waals surface area contributed by atoms with Crippen molar-refractivity contribution in [2.75, 3.05) is 0 Å². The molecule has 4 aromatic rings. The second-order valence-electron chi connectivity index (χ2n) is 7.30. The average Bonchev–Trinajstić information content (AvgIpc) is 3.29. The van der Waals surface area contributed by atoms with Gasteiger partial charge < -0.3 is 9.76 Å². The second kappa shape index (κ2) is 12.9. The predicted octanol–water partition coefficient (Wildman–Crippen LogP) is 3.50. The number of hydrogen-bond acceptors (Lipinski definition) is 7. The molecule has 0 aliphatic rings. The van der Waals surface area contributed by atoms with Crippen LogP contribution >= 0.6 is 0 Å². The zero-order chi connectivity index (χ0) is 25.8. The lowest BCUT2D eigenvalue weighted by Crippen LogP contribution is -2.31. The van der Waals surface area contributed by atoms with Crippen LogP contribution in [-0.2, 0) is 16.5 Å². The monoisotopic (exact) mass is 503 g/mol. The fourth-order valence-electron chi connectivity index (χ4n) is 3.15. The van der Waals surface area contributed by atoms with Crippen LogP contribution in [0.15, 0.2) is 118 Å². The van der Waals surface area contributed by atoms with Crippen LogP contribution in [0.25, 0.3) is 0 Å². The Morgan fingerprint density at radius 1 is 0.889 bits per heavy atom. The molecule has 184 valence electrons. The average molecular weight is 504 g/mol. The van der Waals surface area contributed by atoms with Crippen LogP contribution in [0.4, 0.5) is 0 Å². The summed E-state index contributed by atoms with van der Waals surface area (Å²) in [5.41, 5.74) is 2.21. The molecule has 1 aromatic heterocycles. The van der Waals surface area contributed by atoms with E-state index in [0.29, 0.717) is 0 Å². The van der Waals surface area contributed by atoms with Crippen LogP contribution in [0, 0.1) is 0 Å². The van der Waals surface area contributed by atoms with Crippen molar-refractivity contribution in [3.05, 3.63) is 120 Å². The summed E-state index contributed by atoms with van der Waals surface area (Å²) in [5.74, 6) is 1.02. The van der Waals surface area contributed by atoms with Crippen molar-refractivity contribution in [2.45, 2.75) is 18.2 Å². The van der Waals surface area contributed by atoms with Crippen LogP contribution in [0.1, 0.15) is 29.4 Å². The largest absolute Gasteiger partial charge is 0.744 e. The minimum absolute atomic E-state index is 0.0694. The molecule has 36 heavy (non-hydrogen) atoms. The van der Waals surface area contributed by atoms with Crippen LogP contribution in [0.2, 0.25) is 0 Å². The molecule has 0 bridgehead atoms. The molecule has 4 rings (SSSR count). The number of oxime groups is 1. The third-order valence-electron chi connectivity index (χ3n) is 4.84. The number of hydrogen-bond donors (Lipinski definition) is 1. The van der Waals surface area contributed by atoms with E-state index in [1.807, 2.05) is 94.8 Å². The molecule has 1 N–H and O–H groups in total. The maximum absolute atomic E-state index is 10.6. The quantitative estimate of drug-likeness (QED) is 0.136. The highest BCUT2D eigenvalue weighted by Crippen LogP contribution is 2.12. The summed E-state index contributed by atoms with van der Waals surface area (Å²) in [4.78, 5) is -0.396. The summed E-state index contributed by atoms with van der Waals surface area (Å²) in [7, 11) is -4.51. The van der Waals surface area contributed by atoms with Crippen molar-refractivity contribution in [2.24, 2.45) is 15.4 Å². The second-order valence-corrected chi connectivity index (χ2v) is 8.65. The molecule has 0 aliphatic heterocycles. The van der Waals surface area contributed by atoms with Crippen LogP contribution < -0.4 is 4.68 Å². The standard InChI is InChI=1S/C19H19N4.C7H7NO4S/c1-2-19-22(20-15-17-9-5-3-6-10-17)13-14-23(19)21-16-18-11-7-4-8-12-18;9-8-5-6-3-1-2-4-7(6)13(10,11)12/h3-16H,2H2,1H3;1-5,9H,(H,10,11,12)/q+1;/p-1.